The van der Waals surface area contributed by atoms with E-state index in [9.17, 15) is 4.39 Å². The third-order valence-corrected chi connectivity index (χ3v) is 4.23. The molecule has 1 atom stereocenters. The van der Waals surface area contributed by atoms with Crippen LogP contribution >= 0.6 is 15.9 Å². The smallest absolute Gasteiger partial charge is 0.137 e. The van der Waals surface area contributed by atoms with Crippen LogP contribution < -0.4 is 5.32 Å². The van der Waals surface area contributed by atoms with Crippen molar-refractivity contribution in [2.75, 3.05) is 26.8 Å². The highest BCUT2D eigenvalue weighted by Gasteiger charge is 2.16. The highest BCUT2D eigenvalue weighted by molar-refractivity contribution is 9.10. The summed E-state index contributed by atoms with van der Waals surface area (Å²) in [6, 6.07) is 5.23. The van der Waals surface area contributed by atoms with Crippen molar-refractivity contribution >= 4 is 15.9 Å². The van der Waals surface area contributed by atoms with Gasteiger partial charge in [0.1, 0.15) is 5.82 Å². The van der Waals surface area contributed by atoms with Gasteiger partial charge >= 0.3 is 0 Å². The van der Waals surface area contributed by atoms with Gasteiger partial charge < -0.3 is 10.1 Å². The van der Waals surface area contributed by atoms with Crippen LogP contribution in [0.4, 0.5) is 4.39 Å². The number of nitrogens with one attached hydrogen (secondary N) is 1. The number of hydrogen-bond acceptors (Lipinski definition) is 2. The average Bonchev–Trinajstić information content (AvgIpc) is 2.37. The molecule has 0 aromatic heterocycles. The highest BCUT2D eigenvalue weighted by Crippen LogP contribution is 2.25. The van der Waals surface area contributed by atoms with Gasteiger partial charge in [0, 0.05) is 13.7 Å². The summed E-state index contributed by atoms with van der Waals surface area (Å²) in [7, 11) is 1.70. The van der Waals surface area contributed by atoms with Crippen molar-refractivity contribution in [2.45, 2.75) is 20.3 Å². The summed E-state index contributed by atoms with van der Waals surface area (Å²) in [5.41, 5.74) is 1.03. The summed E-state index contributed by atoms with van der Waals surface area (Å²) < 4.78 is 19.1. The van der Waals surface area contributed by atoms with Gasteiger partial charge in [0.15, 0.2) is 0 Å². The minimum Gasteiger partial charge on any atom is -0.383 e. The Morgan fingerprint density at radius 2 is 2.11 bits per heavy atom. The van der Waals surface area contributed by atoms with Crippen molar-refractivity contribution in [3.63, 3.8) is 0 Å². The first-order valence-corrected chi connectivity index (χ1v) is 7.48. The van der Waals surface area contributed by atoms with Crippen LogP contribution in [0.1, 0.15) is 19.4 Å². The van der Waals surface area contributed by atoms with Crippen molar-refractivity contribution < 1.29 is 9.13 Å². The van der Waals surface area contributed by atoms with Gasteiger partial charge in [-0.15, -0.1) is 0 Å². The van der Waals surface area contributed by atoms with E-state index in [2.05, 4.69) is 35.1 Å². The van der Waals surface area contributed by atoms with Gasteiger partial charge in [0.05, 0.1) is 11.1 Å². The first-order valence-electron chi connectivity index (χ1n) is 6.68. The minimum absolute atomic E-state index is 0.188. The zero-order chi connectivity index (χ0) is 14.3. The van der Waals surface area contributed by atoms with Gasteiger partial charge in [-0.2, -0.15) is 0 Å². The molecule has 0 saturated carbocycles. The Labute approximate surface area is 123 Å². The Hall–Kier alpha value is -0.450. The van der Waals surface area contributed by atoms with Crippen LogP contribution in [-0.2, 0) is 11.2 Å². The second-order valence-electron chi connectivity index (χ2n) is 5.12. The highest BCUT2D eigenvalue weighted by atomic mass is 79.9. The number of benzene rings is 1. The van der Waals surface area contributed by atoms with Crippen LogP contribution in [0, 0.1) is 17.7 Å². The van der Waals surface area contributed by atoms with E-state index in [0.717, 1.165) is 25.1 Å². The molecule has 0 bridgehead atoms. The number of rotatable bonds is 8. The molecule has 0 aliphatic heterocycles. The summed E-state index contributed by atoms with van der Waals surface area (Å²) in [6.07, 6.45) is 0.871. The Bertz CT molecular complexity index is 384. The van der Waals surface area contributed by atoms with Gasteiger partial charge in [-0.3, -0.25) is 0 Å². The predicted molar refractivity (Wildman–Crippen MR) is 80.9 cm³/mol. The average molecular weight is 332 g/mol. The van der Waals surface area contributed by atoms with Crippen molar-refractivity contribution in [3.8, 4) is 0 Å². The van der Waals surface area contributed by atoms with Gasteiger partial charge in [-0.05, 0) is 52.4 Å². The monoisotopic (exact) mass is 331 g/mol. The standard InChI is InChI=1S/C15H23BrFNO/c1-11(2)13(10-18-7-8-19-3)9-12-5-4-6-14(17)15(12)16/h4-6,11,13,18H,7-10H2,1-3H3. The maximum absolute atomic E-state index is 13.5. The Morgan fingerprint density at radius 3 is 2.74 bits per heavy atom. The lowest BCUT2D eigenvalue weighted by atomic mass is 9.89. The molecule has 1 aromatic rings. The molecule has 1 unspecified atom stereocenters. The molecule has 1 N–H and O–H groups in total. The lowest BCUT2D eigenvalue weighted by Crippen LogP contribution is -2.30. The molecule has 108 valence electrons. The molecule has 4 heteroatoms. The normalized spacial score (nSPS) is 12.9. The zero-order valence-corrected chi connectivity index (χ0v) is 13.5. The van der Waals surface area contributed by atoms with E-state index in [0.29, 0.717) is 22.9 Å². The Balaban J connectivity index is 2.60. The second kappa shape index (κ2) is 8.67. The molecule has 1 aromatic carbocycles. The molecule has 19 heavy (non-hydrogen) atoms. The number of hydrogen-bond donors (Lipinski definition) is 1. The second-order valence-corrected chi connectivity index (χ2v) is 5.91. The fourth-order valence-corrected chi connectivity index (χ4v) is 2.42. The minimum atomic E-state index is -0.188. The Kier molecular flexibility index (Phi) is 7.57. The van der Waals surface area contributed by atoms with Crippen molar-refractivity contribution in [3.05, 3.63) is 34.1 Å². The molecule has 0 heterocycles. The molecule has 2 nitrogen and oxygen atoms in total. The fraction of sp³-hybridized carbons (Fsp3) is 0.600. The first kappa shape index (κ1) is 16.6. The van der Waals surface area contributed by atoms with E-state index in [1.807, 2.05) is 6.07 Å². The van der Waals surface area contributed by atoms with Crippen LogP contribution in [0.3, 0.4) is 0 Å². The van der Waals surface area contributed by atoms with E-state index in [1.54, 1.807) is 13.2 Å². The summed E-state index contributed by atoms with van der Waals surface area (Å²) in [4.78, 5) is 0. The van der Waals surface area contributed by atoms with E-state index in [1.165, 1.54) is 6.07 Å². The SMILES string of the molecule is COCCNCC(Cc1cccc(F)c1Br)C(C)C. The summed E-state index contributed by atoms with van der Waals surface area (Å²) in [5.74, 6) is 0.840. The molecule has 0 aliphatic rings. The van der Waals surface area contributed by atoms with Crippen LogP contribution in [0.15, 0.2) is 22.7 Å². The Morgan fingerprint density at radius 1 is 1.37 bits per heavy atom. The van der Waals surface area contributed by atoms with Crippen LogP contribution in [0.2, 0.25) is 0 Å². The predicted octanol–water partition coefficient (Wildman–Crippen LogP) is 3.64. The lowest BCUT2D eigenvalue weighted by Gasteiger charge is -2.22. The topological polar surface area (TPSA) is 21.3 Å². The number of methoxy groups -OCH3 is 1. The number of ether oxygens (including phenoxy) is 1. The van der Waals surface area contributed by atoms with Gasteiger partial charge in [0.25, 0.3) is 0 Å². The molecule has 0 fully saturated rings. The summed E-state index contributed by atoms with van der Waals surface area (Å²) in [5, 5.41) is 3.39. The van der Waals surface area contributed by atoms with E-state index >= 15 is 0 Å². The van der Waals surface area contributed by atoms with Crippen LogP contribution in [0.25, 0.3) is 0 Å². The first-order chi connectivity index (χ1) is 9.06. The molecule has 0 amide bonds. The van der Waals surface area contributed by atoms with Gasteiger partial charge in [-0.25, -0.2) is 4.39 Å². The number of halogens is 2. The fourth-order valence-electron chi connectivity index (χ4n) is 1.99. The van der Waals surface area contributed by atoms with Gasteiger partial charge in [0.2, 0.25) is 0 Å². The molecule has 1 rings (SSSR count). The van der Waals surface area contributed by atoms with E-state index in [-0.39, 0.29) is 5.82 Å². The van der Waals surface area contributed by atoms with Crippen molar-refractivity contribution in [2.24, 2.45) is 11.8 Å². The van der Waals surface area contributed by atoms with Crippen LogP contribution in [0.5, 0.6) is 0 Å². The third-order valence-electron chi connectivity index (χ3n) is 3.35. The molecular formula is C15H23BrFNO. The molecule has 0 saturated heterocycles. The quantitative estimate of drug-likeness (QED) is 0.734. The maximum Gasteiger partial charge on any atom is 0.137 e. The van der Waals surface area contributed by atoms with Crippen molar-refractivity contribution in [1.82, 2.24) is 5.32 Å². The summed E-state index contributed by atoms with van der Waals surface area (Å²) >= 11 is 3.34. The molecule has 0 radical (unpaired) electrons. The zero-order valence-electron chi connectivity index (χ0n) is 11.9. The molecular weight excluding hydrogens is 309 g/mol. The largest absolute Gasteiger partial charge is 0.383 e. The third kappa shape index (κ3) is 5.59. The van der Waals surface area contributed by atoms with Crippen molar-refractivity contribution in [1.29, 1.82) is 0 Å². The van der Waals surface area contributed by atoms with Gasteiger partial charge in [-0.1, -0.05) is 26.0 Å². The summed E-state index contributed by atoms with van der Waals surface area (Å²) in [6.45, 7) is 6.90. The maximum atomic E-state index is 13.5. The lowest BCUT2D eigenvalue weighted by molar-refractivity contribution is 0.196. The van der Waals surface area contributed by atoms with E-state index < -0.39 is 0 Å². The molecule has 0 spiro atoms. The van der Waals surface area contributed by atoms with E-state index in [4.69, 9.17) is 4.74 Å². The molecule has 0 aliphatic carbocycles. The van der Waals surface area contributed by atoms with Crippen LogP contribution in [-0.4, -0.2) is 26.8 Å².